The van der Waals surface area contributed by atoms with Crippen LogP contribution >= 0.6 is 0 Å². The Morgan fingerprint density at radius 1 is 0.464 bits per heavy atom. The maximum atomic E-state index is 12.8. The van der Waals surface area contributed by atoms with Crippen LogP contribution in [-0.2, 0) is 19.2 Å². The third kappa shape index (κ3) is 3.03. The number of carbonyl (C=O) groups excluding carboxylic acids is 4. The molecule has 0 N–H and O–H groups in total. The number of hydrogen-bond acceptors (Lipinski definition) is 4. The molecule has 0 radical (unpaired) electrons. The Kier molecular flexibility index (Phi) is 4.92. The molecule has 0 aromatic carbocycles. The maximum Gasteiger partial charge on any atom is 0.185 e. The van der Waals surface area contributed by atoms with E-state index < -0.39 is 0 Å². The molecule has 0 fully saturated rings. The van der Waals surface area contributed by atoms with Crippen LogP contribution in [0.2, 0.25) is 0 Å². The Bertz CT molecular complexity index is 874. The van der Waals surface area contributed by atoms with Crippen molar-refractivity contribution >= 4 is 23.1 Å². The lowest BCUT2D eigenvalue weighted by Crippen LogP contribution is -2.26. The van der Waals surface area contributed by atoms with Crippen molar-refractivity contribution in [1.82, 2.24) is 0 Å². The first-order valence-electron chi connectivity index (χ1n) is 9.35. The molecule has 0 bridgehead atoms. The lowest BCUT2D eigenvalue weighted by molar-refractivity contribution is -0.116. The fourth-order valence-corrected chi connectivity index (χ4v) is 4.01. The zero-order chi connectivity index (χ0) is 20.9. The Hall–Kier alpha value is -2.88. The van der Waals surface area contributed by atoms with Gasteiger partial charge in [0.25, 0.3) is 0 Å². The Balaban J connectivity index is 2.09. The molecule has 0 unspecified atom stereocenters. The highest BCUT2D eigenvalue weighted by molar-refractivity contribution is 6.26. The second-order valence-electron chi connectivity index (χ2n) is 7.94. The summed E-state index contributed by atoms with van der Waals surface area (Å²) in [6.07, 6.45) is 0.880. The molecule has 0 saturated carbocycles. The Morgan fingerprint density at radius 3 is 0.821 bits per heavy atom. The monoisotopic (exact) mass is 376 g/mol. The molecule has 0 atom stereocenters. The summed E-state index contributed by atoms with van der Waals surface area (Å²) in [6.45, 7) is 14.7. The molecule has 28 heavy (non-hydrogen) atoms. The number of rotatable bonds is 0. The number of allylic oxidation sites excluding steroid dienone is 10. The topological polar surface area (TPSA) is 68.3 Å². The molecule has 0 aromatic rings. The fourth-order valence-electron chi connectivity index (χ4n) is 4.01. The molecular weight excluding hydrogens is 352 g/mol. The van der Waals surface area contributed by atoms with E-state index in [1.54, 1.807) is 27.7 Å². The van der Waals surface area contributed by atoms with E-state index in [0.717, 1.165) is 0 Å². The lowest BCUT2D eigenvalue weighted by atomic mass is 9.75. The lowest BCUT2D eigenvalue weighted by Gasteiger charge is -2.26. The van der Waals surface area contributed by atoms with Crippen LogP contribution in [-0.4, -0.2) is 23.1 Å². The van der Waals surface area contributed by atoms with Gasteiger partial charge in [-0.25, -0.2) is 0 Å². The van der Waals surface area contributed by atoms with Gasteiger partial charge in [-0.05, 0) is 53.4 Å². The molecule has 4 heteroatoms. The SMILES string of the molecule is C=C1CC2=C(CC(=C)CC3=C(C1)C(=O)C(C)=C(C)C3=O)C(=O)C(C)=C(C)C2=O. The summed E-state index contributed by atoms with van der Waals surface area (Å²) in [5, 5.41) is 0. The Morgan fingerprint density at radius 2 is 0.643 bits per heavy atom. The Labute approximate surface area is 165 Å². The molecule has 3 rings (SSSR count). The minimum absolute atomic E-state index is 0.145. The van der Waals surface area contributed by atoms with Gasteiger partial charge in [-0.2, -0.15) is 0 Å². The van der Waals surface area contributed by atoms with Gasteiger partial charge in [0.2, 0.25) is 0 Å². The van der Waals surface area contributed by atoms with Crippen LogP contribution in [0.4, 0.5) is 0 Å². The predicted octanol–water partition coefficient (Wildman–Crippen LogP) is 4.24. The van der Waals surface area contributed by atoms with Crippen molar-refractivity contribution < 1.29 is 19.2 Å². The van der Waals surface area contributed by atoms with Crippen LogP contribution in [0.3, 0.4) is 0 Å². The van der Waals surface area contributed by atoms with Crippen molar-refractivity contribution in [2.24, 2.45) is 0 Å². The van der Waals surface area contributed by atoms with E-state index >= 15 is 0 Å². The van der Waals surface area contributed by atoms with Crippen molar-refractivity contribution in [3.05, 3.63) is 68.9 Å². The van der Waals surface area contributed by atoms with Crippen LogP contribution in [0.15, 0.2) is 68.9 Å². The molecular formula is C24H24O4. The minimum Gasteiger partial charge on any atom is -0.289 e. The van der Waals surface area contributed by atoms with Gasteiger partial charge in [0.1, 0.15) is 0 Å². The quantitative estimate of drug-likeness (QED) is 0.468. The summed E-state index contributed by atoms with van der Waals surface area (Å²) in [7, 11) is 0. The predicted molar refractivity (Wildman–Crippen MR) is 108 cm³/mol. The van der Waals surface area contributed by atoms with Gasteiger partial charge in [0, 0.05) is 44.6 Å². The van der Waals surface area contributed by atoms with E-state index in [0.29, 0.717) is 55.7 Å². The number of carbonyl (C=O) groups is 4. The number of ketones is 4. The second kappa shape index (κ2) is 6.93. The molecule has 4 nitrogen and oxygen atoms in total. The van der Waals surface area contributed by atoms with E-state index in [2.05, 4.69) is 13.2 Å². The van der Waals surface area contributed by atoms with Crippen molar-refractivity contribution in [3.63, 3.8) is 0 Å². The molecule has 0 aliphatic heterocycles. The number of Topliss-reactive ketones (excluding diaryl/α,β-unsaturated/α-hetero) is 4. The highest BCUT2D eigenvalue weighted by atomic mass is 16.1. The van der Waals surface area contributed by atoms with Crippen molar-refractivity contribution in [2.75, 3.05) is 0 Å². The smallest absolute Gasteiger partial charge is 0.185 e. The molecule has 144 valence electrons. The third-order valence-electron chi connectivity index (χ3n) is 6.02. The largest absolute Gasteiger partial charge is 0.289 e. The highest BCUT2D eigenvalue weighted by Crippen LogP contribution is 2.38. The van der Waals surface area contributed by atoms with Crippen molar-refractivity contribution in [1.29, 1.82) is 0 Å². The van der Waals surface area contributed by atoms with E-state index in [9.17, 15) is 19.2 Å². The maximum absolute atomic E-state index is 12.8. The summed E-state index contributed by atoms with van der Waals surface area (Å²) in [5.74, 6) is -0.579. The molecule has 0 amide bonds. The molecule has 3 aliphatic rings. The van der Waals surface area contributed by atoms with Crippen LogP contribution in [0.1, 0.15) is 53.4 Å². The molecule has 0 heterocycles. The first-order valence-corrected chi connectivity index (χ1v) is 9.35. The summed E-state index contributed by atoms with van der Waals surface area (Å²) in [4.78, 5) is 51.4. The molecule has 0 saturated heterocycles. The minimum atomic E-state index is -0.145. The normalized spacial score (nSPS) is 22.3. The van der Waals surface area contributed by atoms with E-state index in [4.69, 9.17) is 0 Å². The summed E-state index contributed by atoms with van der Waals surface area (Å²) >= 11 is 0. The van der Waals surface area contributed by atoms with Crippen LogP contribution < -0.4 is 0 Å². The van der Waals surface area contributed by atoms with Crippen LogP contribution in [0, 0.1) is 0 Å². The fraction of sp³-hybridized carbons (Fsp3) is 0.333. The van der Waals surface area contributed by atoms with E-state index in [1.807, 2.05) is 0 Å². The zero-order valence-electron chi connectivity index (χ0n) is 16.9. The van der Waals surface area contributed by atoms with E-state index in [-0.39, 0.29) is 48.8 Å². The summed E-state index contributed by atoms with van der Waals surface area (Å²) < 4.78 is 0. The van der Waals surface area contributed by atoms with Crippen LogP contribution in [0.5, 0.6) is 0 Å². The molecule has 0 spiro atoms. The standard InChI is InChI=1S/C24H24O4/c1-11-7-17-19(23(27)15(5)13(3)21(17)25)9-12(2)10-20-18(8-11)22(26)14(4)16(6)24(20)28/h1-2,7-10H2,3-6H3. The first-order chi connectivity index (χ1) is 13.0. The van der Waals surface area contributed by atoms with Gasteiger partial charge in [-0.3, -0.25) is 19.2 Å². The first kappa shape index (κ1) is 19.9. The van der Waals surface area contributed by atoms with Crippen LogP contribution in [0.25, 0.3) is 0 Å². The van der Waals surface area contributed by atoms with Gasteiger partial charge in [0.15, 0.2) is 23.1 Å². The van der Waals surface area contributed by atoms with Gasteiger partial charge in [0.05, 0.1) is 0 Å². The van der Waals surface area contributed by atoms with Crippen molar-refractivity contribution in [2.45, 2.75) is 53.4 Å². The molecule has 0 aromatic heterocycles. The number of hydrogen-bond donors (Lipinski definition) is 0. The van der Waals surface area contributed by atoms with Gasteiger partial charge >= 0.3 is 0 Å². The third-order valence-corrected chi connectivity index (χ3v) is 6.02. The zero-order valence-corrected chi connectivity index (χ0v) is 16.9. The highest BCUT2D eigenvalue weighted by Gasteiger charge is 2.35. The van der Waals surface area contributed by atoms with Gasteiger partial charge in [-0.1, -0.05) is 24.3 Å². The second-order valence-corrected chi connectivity index (χ2v) is 7.94. The molecule has 3 aliphatic carbocycles. The van der Waals surface area contributed by atoms with Gasteiger partial charge in [-0.15, -0.1) is 0 Å². The van der Waals surface area contributed by atoms with E-state index in [1.165, 1.54) is 0 Å². The summed E-state index contributed by atoms with van der Waals surface area (Å²) in [5.41, 5.74) is 4.90. The average molecular weight is 376 g/mol. The average Bonchev–Trinajstić information content (AvgIpc) is 2.66. The van der Waals surface area contributed by atoms with Gasteiger partial charge < -0.3 is 0 Å². The van der Waals surface area contributed by atoms with Crippen molar-refractivity contribution in [3.8, 4) is 0 Å². The summed E-state index contributed by atoms with van der Waals surface area (Å²) in [6, 6.07) is 0.